The zero-order chi connectivity index (χ0) is 13.2. The molecule has 2 atom stereocenters. The van der Waals surface area contributed by atoms with Gasteiger partial charge in [0, 0.05) is 10.6 Å². The second kappa shape index (κ2) is 5.62. The largest absolute Gasteiger partial charge is 0.479 e. The lowest BCUT2D eigenvalue weighted by Gasteiger charge is -2.11. The number of alkyl halides is 1. The summed E-state index contributed by atoms with van der Waals surface area (Å²) in [4.78, 5) is 21.3. The summed E-state index contributed by atoms with van der Waals surface area (Å²) >= 11 is 9.05. The van der Waals surface area contributed by atoms with Crippen LogP contribution in [-0.4, -0.2) is 22.0 Å². The lowest BCUT2D eigenvalue weighted by molar-refractivity contribution is -0.147. The highest BCUT2D eigenvalue weighted by atomic mass is 79.9. The van der Waals surface area contributed by atoms with Gasteiger partial charge in [0.1, 0.15) is 5.78 Å². The summed E-state index contributed by atoms with van der Waals surface area (Å²) in [6, 6.07) is 4.41. The fourth-order valence-electron chi connectivity index (χ4n) is 1.29. The Kier molecular flexibility index (Phi) is 4.68. The van der Waals surface area contributed by atoms with Crippen molar-refractivity contribution in [3.8, 4) is 0 Å². The summed E-state index contributed by atoms with van der Waals surface area (Å²) < 4.78 is 0. The zero-order valence-electron chi connectivity index (χ0n) is 8.85. The van der Waals surface area contributed by atoms with Gasteiger partial charge >= 0.3 is 5.97 Å². The van der Waals surface area contributed by atoms with E-state index >= 15 is 0 Å². The first kappa shape index (κ1) is 14.2. The number of carbonyl (C=O) groups excluding carboxylic acids is 1. The van der Waals surface area contributed by atoms with Gasteiger partial charge in [0.2, 0.25) is 0 Å². The summed E-state index contributed by atoms with van der Waals surface area (Å²) in [6.07, 6.45) is -1.66. The normalized spacial score (nSPS) is 14.1. The van der Waals surface area contributed by atoms with Gasteiger partial charge in [-0.05, 0) is 18.6 Å². The van der Waals surface area contributed by atoms with Crippen LogP contribution in [0, 0.1) is 0 Å². The molecule has 0 aromatic heterocycles. The number of aliphatic hydroxyl groups is 1. The number of carboxylic acid groups (broad SMARTS) is 1. The van der Waals surface area contributed by atoms with Crippen molar-refractivity contribution in [2.45, 2.75) is 17.9 Å². The number of carboxylic acids is 1. The summed E-state index contributed by atoms with van der Waals surface area (Å²) in [6.45, 7) is 1.42. The van der Waals surface area contributed by atoms with Gasteiger partial charge in [-0.2, -0.15) is 0 Å². The molecule has 0 radical (unpaired) electrons. The molecule has 2 unspecified atom stereocenters. The van der Waals surface area contributed by atoms with Crippen molar-refractivity contribution in [1.29, 1.82) is 0 Å². The number of hydrogen-bond acceptors (Lipinski definition) is 3. The Hall–Kier alpha value is -0.910. The Morgan fingerprint density at radius 1 is 1.41 bits per heavy atom. The van der Waals surface area contributed by atoms with Crippen LogP contribution in [0.3, 0.4) is 0 Å². The molecule has 0 spiro atoms. The smallest absolute Gasteiger partial charge is 0.337 e. The first-order valence-electron chi connectivity index (χ1n) is 4.69. The minimum absolute atomic E-state index is 0.0902. The van der Waals surface area contributed by atoms with Gasteiger partial charge < -0.3 is 10.2 Å². The molecule has 0 heterocycles. The molecule has 1 aromatic rings. The Morgan fingerprint density at radius 2 is 2.00 bits per heavy atom. The molecule has 2 N–H and O–H groups in total. The number of benzene rings is 1. The maximum Gasteiger partial charge on any atom is 0.337 e. The third kappa shape index (κ3) is 3.28. The van der Waals surface area contributed by atoms with E-state index in [0.29, 0.717) is 5.56 Å². The van der Waals surface area contributed by atoms with Crippen molar-refractivity contribution < 1.29 is 19.8 Å². The van der Waals surface area contributed by atoms with Crippen molar-refractivity contribution in [2.24, 2.45) is 0 Å². The number of halogens is 2. The summed E-state index contributed by atoms with van der Waals surface area (Å²) in [5.74, 6) is -1.46. The van der Waals surface area contributed by atoms with Crippen LogP contribution in [0.15, 0.2) is 18.2 Å². The molecule has 1 rings (SSSR count). The third-order valence-corrected chi connectivity index (χ3v) is 3.70. The van der Waals surface area contributed by atoms with E-state index < -0.39 is 16.9 Å². The first-order valence-corrected chi connectivity index (χ1v) is 5.98. The molecule has 6 heteroatoms. The van der Waals surface area contributed by atoms with Gasteiger partial charge in [0.05, 0.1) is 4.83 Å². The van der Waals surface area contributed by atoms with Gasteiger partial charge in [-0.1, -0.05) is 39.7 Å². The van der Waals surface area contributed by atoms with E-state index in [9.17, 15) is 14.7 Å². The number of hydrogen-bond donors (Lipinski definition) is 2. The van der Waals surface area contributed by atoms with E-state index in [1.54, 1.807) is 6.07 Å². The van der Waals surface area contributed by atoms with Gasteiger partial charge in [0.25, 0.3) is 0 Å². The van der Waals surface area contributed by atoms with Crippen LogP contribution in [0.2, 0.25) is 5.02 Å². The molecule has 92 valence electrons. The standard InChI is InChI=1S/C11H10BrClO4/c1-5(14)9(12)6-2-3-7(8(13)4-6)10(15)11(16)17/h2-4,9-10,15H,1H3,(H,16,17). The molecule has 1 aromatic carbocycles. The van der Waals surface area contributed by atoms with E-state index in [0.717, 1.165) is 0 Å². The Bertz CT molecular complexity index is 461. The van der Waals surface area contributed by atoms with E-state index in [2.05, 4.69) is 15.9 Å². The Morgan fingerprint density at radius 3 is 2.41 bits per heavy atom. The van der Waals surface area contributed by atoms with E-state index in [-0.39, 0.29) is 16.4 Å². The van der Waals surface area contributed by atoms with E-state index in [1.165, 1.54) is 19.1 Å². The third-order valence-electron chi connectivity index (χ3n) is 2.20. The van der Waals surface area contributed by atoms with Crippen LogP contribution < -0.4 is 0 Å². The van der Waals surface area contributed by atoms with E-state index in [4.69, 9.17) is 16.7 Å². The Labute approximate surface area is 111 Å². The van der Waals surface area contributed by atoms with Crippen LogP contribution >= 0.6 is 27.5 Å². The maximum absolute atomic E-state index is 11.1. The van der Waals surface area contributed by atoms with E-state index in [1.807, 2.05) is 0 Å². The number of Topliss-reactive ketones (excluding diaryl/α,β-unsaturated/α-hetero) is 1. The van der Waals surface area contributed by atoms with Gasteiger partial charge in [-0.25, -0.2) is 4.79 Å². The second-order valence-corrected chi connectivity index (χ2v) is 4.82. The fourth-order valence-corrected chi connectivity index (χ4v) is 1.87. The van der Waals surface area contributed by atoms with Crippen LogP contribution in [0.1, 0.15) is 29.0 Å². The molecule has 0 saturated heterocycles. The number of ketones is 1. The van der Waals surface area contributed by atoms with Crippen molar-refractivity contribution >= 4 is 39.3 Å². The van der Waals surface area contributed by atoms with Crippen LogP contribution in [0.25, 0.3) is 0 Å². The zero-order valence-corrected chi connectivity index (χ0v) is 11.2. The Balaban J connectivity index is 3.10. The quantitative estimate of drug-likeness (QED) is 0.836. The predicted molar refractivity (Wildman–Crippen MR) is 66.4 cm³/mol. The number of aliphatic carboxylic acids is 1. The first-order chi connectivity index (χ1) is 7.84. The lowest BCUT2D eigenvalue weighted by Crippen LogP contribution is -2.11. The van der Waals surface area contributed by atoms with Crippen LogP contribution in [0.4, 0.5) is 0 Å². The number of aliphatic hydroxyl groups excluding tert-OH is 1. The minimum Gasteiger partial charge on any atom is -0.479 e. The fraction of sp³-hybridized carbons (Fsp3) is 0.273. The SMILES string of the molecule is CC(=O)C(Br)c1ccc(C(O)C(=O)O)c(Cl)c1. The molecule has 0 aliphatic rings. The topological polar surface area (TPSA) is 74.6 Å². The molecule has 0 bridgehead atoms. The summed E-state index contributed by atoms with van der Waals surface area (Å²) in [7, 11) is 0. The van der Waals surface area contributed by atoms with Crippen LogP contribution in [-0.2, 0) is 9.59 Å². The van der Waals surface area contributed by atoms with Crippen molar-refractivity contribution in [1.82, 2.24) is 0 Å². The molecule has 0 amide bonds. The molecule has 4 nitrogen and oxygen atoms in total. The lowest BCUT2D eigenvalue weighted by atomic mass is 10.0. The summed E-state index contributed by atoms with van der Waals surface area (Å²) in [5.41, 5.74) is 0.718. The molecular formula is C11H10BrClO4. The van der Waals surface area contributed by atoms with Crippen LogP contribution in [0.5, 0.6) is 0 Å². The van der Waals surface area contributed by atoms with Gasteiger partial charge in [0.15, 0.2) is 6.10 Å². The van der Waals surface area contributed by atoms with Crippen molar-refractivity contribution in [3.63, 3.8) is 0 Å². The molecule has 0 fully saturated rings. The minimum atomic E-state index is -1.66. The average Bonchev–Trinajstić information content (AvgIpc) is 2.26. The highest BCUT2D eigenvalue weighted by Gasteiger charge is 2.21. The van der Waals surface area contributed by atoms with Crippen molar-refractivity contribution in [3.05, 3.63) is 34.3 Å². The molecule has 0 aliphatic heterocycles. The van der Waals surface area contributed by atoms with Gasteiger partial charge in [-0.3, -0.25) is 4.79 Å². The molecule has 0 saturated carbocycles. The highest BCUT2D eigenvalue weighted by Crippen LogP contribution is 2.30. The monoisotopic (exact) mass is 320 g/mol. The molecular weight excluding hydrogens is 311 g/mol. The van der Waals surface area contributed by atoms with Crippen molar-refractivity contribution in [2.75, 3.05) is 0 Å². The summed E-state index contributed by atoms with van der Waals surface area (Å²) in [5, 5.41) is 18.1. The second-order valence-electron chi connectivity index (χ2n) is 3.49. The molecule has 0 aliphatic carbocycles. The highest BCUT2D eigenvalue weighted by molar-refractivity contribution is 9.09. The average molecular weight is 322 g/mol. The number of rotatable bonds is 4. The number of carbonyl (C=O) groups is 2. The molecule has 17 heavy (non-hydrogen) atoms. The maximum atomic E-state index is 11.1. The predicted octanol–water partition coefficient (Wildman–Crippen LogP) is 2.48. The van der Waals surface area contributed by atoms with Gasteiger partial charge in [-0.15, -0.1) is 0 Å².